The van der Waals surface area contributed by atoms with Crippen molar-refractivity contribution in [2.75, 3.05) is 6.61 Å². The Morgan fingerprint density at radius 1 is 0.906 bits per heavy atom. The monoisotopic (exact) mass is 465 g/mol. The molecule has 0 saturated heterocycles. The third-order valence-corrected chi connectivity index (χ3v) is 3.97. The summed E-state index contributed by atoms with van der Waals surface area (Å²) in [7, 11) is 0. The number of carbonyl (C=O) groups is 2. The highest BCUT2D eigenvalue weighted by Gasteiger charge is 2.31. The van der Waals surface area contributed by atoms with Gasteiger partial charge in [-0.15, -0.1) is 13.2 Å². The summed E-state index contributed by atoms with van der Waals surface area (Å²) in [4.78, 5) is 23.8. The highest BCUT2D eigenvalue weighted by atomic mass is 19.4. The zero-order valence-corrected chi connectivity index (χ0v) is 16.2. The van der Waals surface area contributed by atoms with E-state index in [0.29, 0.717) is 5.56 Å². The first-order valence-electron chi connectivity index (χ1n) is 9.00. The molecule has 0 aliphatic rings. The molecule has 0 fully saturated rings. The molecular formula is C20H17F6NO5. The average molecular weight is 465 g/mol. The number of nitrogens with one attached hydrogen (secondary N) is 1. The zero-order valence-electron chi connectivity index (χ0n) is 16.2. The highest BCUT2D eigenvalue weighted by Crippen LogP contribution is 2.23. The van der Waals surface area contributed by atoms with Crippen LogP contribution in [-0.4, -0.2) is 42.2 Å². The summed E-state index contributed by atoms with van der Waals surface area (Å²) in [6, 6.07) is 8.13. The van der Waals surface area contributed by atoms with Crippen LogP contribution in [0.25, 0.3) is 0 Å². The summed E-state index contributed by atoms with van der Waals surface area (Å²) in [5.74, 6) is -2.52. The van der Waals surface area contributed by atoms with Gasteiger partial charge in [-0.25, -0.2) is 4.79 Å². The molecule has 1 atom stereocenters. The van der Waals surface area contributed by atoms with Gasteiger partial charge in [0.05, 0.1) is 13.0 Å². The lowest BCUT2D eigenvalue weighted by atomic mass is 10.1. The Morgan fingerprint density at radius 3 is 1.97 bits per heavy atom. The number of carbonyl (C=O) groups excluding carboxylic acids is 1. The van der Waals surface area contributed by atoms with Crippen LogP contribution in [0.1, 0.15) is 22.3 Å². The molecule has 2 aromatic carbocycles. The van der Waals surface area contributed by atoms with Crippen molar-refractivity contribution in [1.82, 2.24) is 5.32 Å². The normalized spacial score (nSPS) is 12.7. The molecule has 0 saturated carbocycles. The average Bonchev–Trinajstić information content (AvgIpc) is 2.67. The number of halogens is 6. The van der Waals surface area contributed by atoms with Gasteiger partial charge in [0.2, 0.25) is 0 Å². The van der Waals surface area contributed by atoms with Crippen molar-refractivity contribution in [3.8, 4) is 11.5 Å². The number of benzene rings is 2. The molecule has 1 amide bonds. The van der Waals surface area contributed by atoms with Crippen LogP contribution in [0.15, 0.2) is 48.5 Å². The quantitative estimate of drug-likeness (QED) is 0.539. The maximum absolute atomic E-state index is 12.3. The van der Waals surface area contributed by atoms with Crippen molar-refractivity contribution >= 4 is 11.9 Å². The van der Waals surface area contributed by atoms with Gasteiger partial charge in [-0.05, 0) is 42.0 Å². The Morgan fingerprint density at radius 2 is 1.47 bits per heavy atom. The minimum atomic E-state index is -4.86. The van der Waals surface area contributed by atoms with Gasteiger partial charge < -0.3 is 19.9 Å². The largest absolute Gasteiger partial charge is 0.573 e. The standard InChI is InChI=1S/C20H17F6NO5/c21-19(22,23)9-10-31-14-7-3-13(4-8-14)17(28)27-16(18(29)30)11-12-1-5-15(6-2-12)32-20(24,25)26/h1-8,16H,9-11H2,(H,27,28)(H,29,30)/t16-/m0/s1. The van der Waals surface area contributed by atoms with Gasteiger partial charge in [0.15, 0.2) is 0 Å². The van der Waals surface area contributed by atoms with E-state index in [1.54, 1.807) is 0 Å². The van der Waals surface area contributed by atoms with Crippen LogP contribution in [-0.2, 0) is 11.2 Å². The van der Waals surface area contributed by atoms with E-state index >= 15 is 0 Å². The molecule has 12 heteroatoms. The number of amides is 1. The van der Waals surface area contributed by atoms with Crippen LogP contribution in [0.5, 0.6) is 11.5 Å². The van der Waals surface area contributed by atoms with Gasteiger partial charge in [-0.2, -0.15) is 13.2 Å². The second-order valence-corrected chi connectivity index (χ2v) is 6.50. The third kappa shape index (κ3) is 8.74. The number of ether oxygens (including phenoxy) is 2. The fourth-order valence-corrected chi connectivity index (χ4v) is 2.49. The molecule has 2 rings (SSSR count). The van der Waals surface area contributed by atoms with Crippen molar-refractivity contribution in [3.05, 3.63) is 59.7 Å². The molecule has 0 aromatic heterocycles. The molecule has 2 N–H and O–H groups in total. The second-order valence-electron chi connectivity index (χ2n) is 6.50. The Labute approximate surface area is 177 Å². The molecule has 0 spiro atoms. The van der Waals surface area contributed by atoms with Crippen LogP contribution >= 0.6 is 0 Å². The second kappa shape index (κ2) is 10.2. The first-order valence-corrected chi connectivity index (χ1v) is 9.00. The molecule has 0 unspecified atom stereocenters. The molecule has 0 radical (unpaired) electrons. The maximum Gasteiger partial charge on any atom is 0.573 e. The van der Waals surface area contributed by atoms with Gasteiger partial charge in [0.1, 0.15) is 17.5 Å². The van der Waals surface area contributed by atoms with E-state index in [4.69, 9.17) is 4.74 Å². The van der Waals surface area contributed by atoms with Crippen molar-refractivity contribution in [2.24, 2.45) is 0 Å². The topological polar surface area (TPSA) is 84.9 Å². The van der Waals surface area contributed by atoms with E-state index in [1.807, 2.05) is 0 Å². The number of carboxylic acids is 1. The molecule has 6 nitrogen and oxygen atoms in total. The van der Waals surface area contributed by atoms with E-state index in [0.717, 1.165) is 12.1 Å². The Kier molecular flexibility index (Phi) is 7.95. The van der Waals surface area contributed by atoms with Crippen molar-refractivity contribution < 1.29 is 50.5 Å². The lowest BCUT2D eigenvalue weighted by molar-refractivity contribution is -0.274. The first-order chi connectivity index (χ1) is 14.8. The number of aliphatic carboxylic acids is 1. The first kappa shape index (κ1) is 24.8. The number of alkyl halides is 6. The van der Waals surface area contributed by atoms with E-state index in [-0.39, 0.29) is 17.7 Å². The lowest BCUT2D eigenvalue weighted by Gasteiger charge is -2.15. The Hall–Kier alpha value is -3.44. The van der Waals surface area contributed by atoms with Gasteiger partial charge in [0, 0.05) is 12.0 Å². The van der Waals surface area contributed by atoms with Crippen molar-refractivity contribution in [1.29, 1.82) is 0 Å². The SMILES string of the molecule is O=C(N[C@@H](Cc1ccc(OC(F)(F)F)cc1)C(=O)O)c1ccc(OCCC(F)(F)F)cc1. The lowest BCUT2D eigenvalue weighted by Crippen LogP contribution is -2.42. The van der Waals surface area contributed by atoms with Gasteiger partial charge in [-0.1, -0.05) is 12.1 Å². The van der Waals surface area contributed by atoms with E-state index in [1.165, 1.54) is 36.4 Å². The van der Waals surface area contributed by atoms with Crippen LogP contribution in [0.4, 0.5) is 26.3 Å². The minimum Gasteiger partial charge on any atom is -0.493 e. The maximum atomic E-state index is 12.3. The molecule has 2 aromatic rings. The summed E-state index contributed by atoms with van der Waals surface area (Å²) in [5.41, 5.74) is 0.369. The molecule has 0 aliphatic heterocycles. The fraction of sp³-hybridized carbons (Fsp3) is 0.300. The number of carboxylic acid groups (broad SMARTS) is 1. The predicted octanol–water partition coefficient (Wildman–Crippen LogP) is 4.34. The van der Waals surface area contributed by atoms with Crippen molar-refractivity contribution in [2.45, 2.75) is 31.4 Å². The van der Waals surface area contributed by atoms with Gasteiger partial charge in [0.25, 0.3) is 5.91 Å². The van der Waals surface area contributed by atoms with Crippen LogP contribution in [0.2, 0.25) is 0 Å². The molecule has 0 aliphatic carbocycles. The van der Waals surface area contributed by atoms with Gasteiger partial charge >= 0.3 is 18.5 Å². The summed E-state index contributed by atoms with van der Waals surface area (Å²) in [6.45, 7) is -0.594. The van der Waals surface area contributed by atoms with E-state index in [2.05, 4.69) is 10.1 Å². The molecule has 174 valence electrons. The smallest absolute Gasteiger partial charge is 0.493 e. The van der Waals surface area contributed by atoms with Crippen LogP contribution in [0.3, 0.4) is 0 Å². The molecule has 0 heterocycles. The summed E-state index contributed by atoms with van der Waals surface area (Å²) in [5, 5.41) is 11.6. The number of hydrogen-bond acceptors (Lipinski definition) is 4. The minimum absolute atomic E-state index is 0.0355. The summed E-state index contributed by atoms with van der Waals surface area (Å²) < 4.78 is 81.6. The Bertz CT molecular complexity index is 910. The highest BCUT2D eigenvalue weighted by molar-refractivity contribution is 5.96. The number of rotatable bonds is 9. The molecule has 32 heavy (non-hydrogen) atoms. The van der Waals surface area contributed by atoms with Crippen LogP contribution in [0, 0.1) is 0 Å². The van der Waals surface area contributed by atoms with Gasteiger partial charge in [-0.3, -0.25) is 4.79 Å². The van der Waals surface area contributed by atoms with Crippen molar-refractivity contribution in [3.63, 3.8) is 0 Å². The summed E-state index contributed by atoms with van der Waals surface area (Å²) in [6.07, 6.45) is -10.6. The molecule has 0 bridgehead atoms. The molecular weight excluding hydrogens is 448 g/mol. The van der Waals surface area contributed by atoms with Crippen LogP contribution < -0.4 is 14.8 Å². The predicted molar refractivity (Wildman–Crippen MR) is 98.3 cm³/mol. The summed E-state index contributed by atoms with van der Waals surface area (Å²) >= 11 is 0. The fourth-order valence-electron chi connectivity index (χ4n) is 2.49. The zero-order chi connectivity index (χ0) is 23.9. The van der Waals surface area contributed by atoms with E-state index < -0.39 is 49.2 Å². The number of hydrogen-bond donors (Lipinski definition) is 2. The third-order valence-electron chi connectivity index (χ3n) is 3.97. The van der Waals surface area contributed by atoms with E-state index in [9.17, 15) is 41.0 Å². The Balaban J connectivity index is 1.96.